The lowest BCUT2D eigenvalue weighted by atomic mass is 9.81. The average Bonchev–Trinajstić information content (AvgIpc) is 3.03. The van der Waals surface area contributed by atoms with Crippen LogP contribution in [0.3, 0.4) is 0 Å². The summed E-state index contributed by atoms with van der Waals surface area (Å²) in [4.78, 5) is 28.5. The lowest BCUT2D eigenvalue weighted by Crippen LogP contribution is -2.52. The van der Waals surface area contributed by atoms with Gasteiger partial charge in [0, 0.05) is 31.6 Å². The molecule has 2 fully saturated rings. The first-order valence-corrected chi connectivity index (χ1v) is 8.00. The van der Waals surface area contributed by atoms with Crippen LogP contribution in [0.4, 0.5) is 4.79 Å². The van der Waals surface area contributed by atoms with Crippen molar-refractivity contribution >= 4 is 11.9 Å². The van der Waals surface area contributed by atoms with Gasteiger partial charge in [-0.1, -0.05) is 0 Å². The second kappa shape index (κ2) is 5.98. The minimum atomic E-state index is -0.931. The fourth-order valence-electron chi connectivity index (χ4n) is 3.76. The zero-order chi connectivity index (χ0) is 17.5. The summed E-state index contributed by atoms with van der Waals surface area (Å²) in [5, 5.41) is 2.95. The predicted octanol–water partition coefficient (Wildman–Crippen LogP) is 1.04. The molecule has 7 heteroatoms. The van der Waals surface area contributed by atoms with Gasteiger partial charge in [-0.05, 0) is 31.7 Å². The van der Waals surface area contributed by atoms with Gasteiger partial charge in [0.05, 0.1) is 14.2 Å². The first-order valence-electron chi connectivity index (χ1n) is 8.00. The molecule has 2 heterocycles. The molecule has 130 valence electrons. The van der Waals surface area contributed by atoms with Crippen molar-refractivity contribution < 1.29 is 19.1 Å². The Morgan fingerprint density at radius 3 is 2.33 bits per heavy atom. The summed E-state index contributed by atoms with van der Waals surface area (Å²) in [5.74, 6) is 1.00. The highest BCUT2D eigenvalue weighted by molar-refractivity contribution is 6.08. The molecule has 2 aliphatic rings. The zero-order valence-corrected chi connectivity index (χ0v) is 14.5. The summed E-state index contributed by atoms with van der Waals surface area (Å²) in [5.41, 5.74) is -0.0127. The van der Waals surface area contributed by atoms with Crippen LogP contribution in [-0.4, -0.2) is 68.2 Å². The van der Waals surface area contributed by atoms with Crippen LogP contribution in [0.5, 0.6) is 11.5 Å². The van der Waals surface area contributed by atoms with Crippen molar-refractivity contribution in [2.24, 2.45) is 0 Å². The molecule has 1 N–H and O–H groups in total. The molecule has 0 radical (unpaired) electrons. The number of carbonyl (C=O) groups excluding carboxylic acids is 2. The second-order valence-corrected chi connectivity index (χ2v) is 6.35. The molecule has 1 aromatic carbocycles. The van der Waals surface area contributed by atoms with Crippen LogP contribution >= 0.6 is 0 Å². The fraction of sp³-hybridized carbons (Fsp3) is 0.529. The smallest absolute Gasteiger partial charge is 0.325 e. The third kappa shape index (κ3) is 2.39. The molecule has 3 rings (SSSR count). The van der Waals surface area contributed by atoms with E-state index < -0.39 is 5.54 Å². The predicted molar refractivity (Wildman–Crippen MR) is 88.4 cm³/mol. The second-order valence-electron chi connectivity index (χ2n) is 6.35. The molecule has 7 nitrogen and oxygen atoms in total. The standard InChI is InChI=1S/C17H23N3O4/c1-5-20-15(21)17(18-16(20)22)10-19(2)9-14(17)11-6-12(23-3)8-13(7-11)24-4/h6-8,14H,5,9-10H2,1-4H3,(H,18,22)/t14-,17+/m1/s1. The number of imide groups is 1. The van der Waals surface area contributed by atoms with Crippen LogP contribution in [-0.2, 0) is 4.79 Å². The number of hydrogen-bond acceptors (Lipinski definition) is 5. The summed E-state index contributed by atoms with van der Waals surface area (Å²) in [7, 11) is 5.14. The number of likely N-dealkylation sites (tertiary alicyclic amines) is 1. The molecule has 0 aliphatic carbocycles. The third-order valence-electron chi connectivity index (χ3n) is 4.90. The van der Waals surface area contributed by atoms with Crippen LogP contribution in [0, 0.1) is 0 Å². The van der Waals surface area contributed by atoms with Crippen LogP contribution in [0.25, 0.3) is 0 Å². The summed E-state index contributed by atoms with van der Waals surface area (Å²) < 4.78 is 10.7. The molecular formula is C17H23N3O4. The Hall–Kier alpha value is -2.28. The van der Waals surface area contributed by atoms with E-state index in [-0.39, 0.29) is 17.9 Å². The van der Waals surface area contributed by atoms with Gasteiger partial charge in [-0.3, -0.25) is 9.69 Å². The molecule has 2 saturated heterocycles. The Morgan fingerprint density at radius 2 is 1.83 bits per heavy atom. The molecule has 2 aliphatic heterocycles. The number of benzene rings is 1. The molecule has 1 spiro atoms. The summed E-state index contributed by atoms with van der Waals surface area (Å²) in [6.07, 6.45) is 0. The number of amides is 3. The molecule has 0 unspecified atom stereocenters. The highest BCUT2D eigenvalue weighted by Gasteiger charge is 2.59. The molecule has 24 heavy (non-hydrogen) atoms. The van der Waals surface area contributed by atoms with E-state index in [4.69, 9.17) is 9.47 Å². The number of methoxy groups -OCH3 is 2. The maximum atomic E-state index is 13.0. The van der Waals surface area contributed by atoms with Gasteiger partial charge in [0.25, 0.3) is 5.91 Å². The van der Waals surface area contributed by atoms with Crippen LogP contribution in [0.1, 0.15) is 18.4 Å². The van der Waals surface area contributed by atoms with Crippen molar-refractivity contribution in [2.45, 2.75) is 18.4 Å². The summed E-state index contributed by atoms with van der Waals surface area (Å²) in [6.45, 7) is 3.32. The van der Waals surface area contributed by atoms with Crippen molar-refractivity contribution in [1.82, 2.24) is 15.1 Å². The van der Waals surface area contributed by atoms with E-state index in [2.05, 4.69) is 10.2 Å². The molecule has 0 saturated carbocycles. The van der Waals surface area contributed by atoms with E-state index in [1.807, 2.05) is 19.2 Å². The molecular weight excluding hydrogens is 310 g/mol. The highest BCUT2D eigenvalue weighted by Crippen LogP contribution is 2.41. The maximum Gasteiger partial charge on any atom is 0.325 e. The van der Waals surface area contributed by atoms with E-state index in [9.17, 15) is 9.59 Å². The molecule has 1 aromatic rings. The van der Waals surface area contributed by atoms with Crippen molar-refractivity contribution in [2.75, 3.05) is 40.9 Å². The van der Waals surface area contributed by atoms with Gasteiger partial charge in [-0.15, -0.1) is 0 Å². The van der Waals surface area contributed by atoms with Crippen molar-refractivity contribution in [3.63, 3.8) is 0 Å². The number of likely N-dealkylation sites (N-methyl/N-ethyl adjacent to an activating group) is 2. The number of ether oxygens (including phenoxy) is 2. The van der Waals surface area contributed by atoms with Crippen LogP contribution in [0.15, 0.2) is 18.2 Å². The summed E-state index contributed by atoms with van der Waals surface area (Å²) in [6, 6.07) is 5.28. The Balaban J connectivity index is 2.06. The van der Waals surface area contributed by atoms with E-state index in [1.165, 1.54) is 4.90 Å². The van der Waals surface area contributed by atoms with Crippen molar-refractivity contribution in [1.29, 1.82) is 0 Å². The molecule has 0 aromatic heterocycles. The first-order chi connectivity index (χ1) is 11.4. The van der Waals surface area contributed by atoms with E-state index in [0.29, 0.717) is 31.1 Å². The number of nitrogens with zero attached hydrogens (tertiary/aromatic N) is 2. The Labute approximate surface area is 141 Å². The fourth-order valence-corrected chi connectivity index (χ4v) is 3.76. The Kier molecular flexibility index (Phi) is 4.13. The van der Waals surface area contributed by atoms with Gasteiger partial charge in [0.15, 0.2) is 0 Å². The number of urea groups is 1. The average molecular weight is 333 g/mol. The Morgan fingerprint density at radius 1 is 1.21 bits per heavy atom. The SMILES string of the molecule is CCN1C(=O)N[C@]2(CN(C)C[C@@H]2c2cc(OC)cc(OC)c2)C1=O. The summed E-state index contributed by atoms with van der Waals surface area (Å²) >= 11 is 0. The number of rotatable bonds is 4. The number of hydrogen-bond donors (Lipinski definition) is 1. The van der Waals surface area contributed by atoms with Crippen LogP contribution < -0.4 is 14.8 Å². The normalized spacial score (nSPS) is 27.0. The lowest BCUT2D eigenvalue weighted by Gasteiger charge is -2.28. The van der Waals surface area contributed by atoms with Gasteiger partial charge in [0.1, 0.15) is 17.0 Å². The molecule has 2 atom stereocenters. The third-order valence-corrected chi connectivity index (χ3v) is 4.90. The van der Waals surface area contributed by atoms with Gasteiger partial charge in [-0.25, -0.2) is 4.79 Å². The largest absolute Gasteiger partial charge is 0.497 e. The van der Waals surface area contributed by atoms with Gasteiger partial charge < -0.3 is 19.7 Å². The zero-order valence-electron chi connectivity index (χ0n) is 14.5. The maximum absolute atomic E-state index is 13.0. The minimum absolute atomic E-state index is 0.161. The first kappa shape index (κ1) is 16.6. The van der Waals surface area contributed by atoms with Crippen molar-refractivity contribution in [3.05, 3.63) is 23.8 Å². The quantitative estimate of drug-likeness (QED) is 0.834. The van der Waals surface area contributed by atoms with E-state index >= 15 is 0 Å². The van der Waals surface area contributed by atoms with E-state index in [1.54, 1.807) is 27.2 Å². The van der Waals surface area contributed by atoms with Gasteiger partial charge >= 0.3 is 6.03 Å². The van der Waals surface area contributed by atoms with Gasteiger partial charge in [-0.2, -0.15) is 0 Å². The van der Waals surface area contributed by atoms with E-state index in [0.717, 1.165) is 5.56 Å². The number of nitrogens with one attached hydrogen (secondary N) is 1. The van der Waals surface area contributed by atoms with Gasteiger partial charge in [0.2, 0.25) is 0 Å². The highest BCUT2D eigenvalue weighted by atomic mass is 16.5. The number of carbonyl (C=O) groups is 2. The minimum Gasteiger partial charge on any atom is -0.497 e. The topological polar surface area (TPSA) is 71.1 Å². The Bertz CT molecular complexity index is 656. The molecule has 3 amide bonds. The van der Waals surface area contributed by atoms with Crippen molar-refractivity contribution in [3.8, 4) is 11.5 Å². The monoisotopic (exact) mass is 333 g/mol. The lowest BCUT2D eigenvalue weighted by molar-refractivity contribution is -0.131. The van der Waals surface area contributed by atoms with Crippen LogP contribution in [0.2, 0.25) is 0 Å². The molecule has 0 bridgehead atoms.